The second-order valence-electron chi connectivity index (χ2n) is 6.56. The summed E-state index contributed by atoms with van der Waals surface area (Å²) < 4.78 is 5.03. The normalized spacial score (nSPS) is 11.7. The molecule has 24 heavy (non-hydrogen) atoms. The molecule has 0 fully saturated rings. The summed E-state index contributed by atoms with van der Waals surface area (Å²) in [5.74, 6) is -0.288. The van der Waals surface area contributed by atoms with Crippen LogP contribution in [0.5, 0.6) is 0 Å². The van der Waals surface area contributed by atoms with Gasteiger partial charge in [0, 0.05) is 6.08 Å². The quantitative estimate of drug-likeness (QED) is 0.472. The van der Waals surface area contributed by atoms with Crippen molar-refractivity contribution in [3.63, 3.8) is 0 Å². The standard InChI is InChI=1S/C21H26O2Si/c1-6-23-20(22)15-14-19-16(2)12-13-17(3)21(19)24(4,5)18-10-8-7-9-11-18/h7-15H,6H2,1-5H3. The molecule has 0 aliphatic rings. The summed E-state index contributed by atoms with van der Waals surface area (Å²) in [5, 5.41) is 2.78. The topological polar surface area (TPSA) is 26.3 Å². The second-order valence-corrected chi connectivity index (χ2v) is 10.9. The van der Waals surface area contributed by atoms with Crippen LogP contribution in [0.4, 0.5) is 0 Å². The number of esters is 1. The van der Waals surface area contributed by atoms with Crippen molar-refractivity contribution >= 4 is 30.5 Å². The summed E-state index contributed by atoms with van der Waals surface area (Å²) in [6.45, 7) is 11.2. The minimum Gasteiger partial charge on any atom is -0.463 e. The van der Waals surface area contributed by atoms with Crippen LogP contribution in [0.25, 0.3) is 6.08 Å². The predicted molar refractivity (Wildman–Crippen MR) is 105 cm³/mol. The van der Waals surface area contributed by atoms with E-state index >= 15 is 0 Å². The van der Waals surface area contributed by atoms with Crippen molar-refractivity contribution < 1.29 is 9.53 Å². The molecule has 2 aromatic carbocycles. The first-order valence-corrected chi connectivity index (χ1v) is 11.4. The average molecular weight is 339 g/mol. The molecule has 2 nitrogen and oxygen atoms in total. The van der Waals surface area contributed by atoms with Gasteiger partial charge in [-0.25, -0.2) is 4.79 Å². The number of aryl methyl sites for hydroxylation is 2. The lowest BCUT2D eigenvalue weighted by molar-refractivity contribution is -0.137. The van der Waals surface area contributed by atoms with Gasteiger partial charge in [0.1, 0.15) is 8.07 Å². The number of hydrogen-bond acceptors (Lipinski definition) is 2. The lowest BCUT2D eigenvalue weighted by Gasteiger charge is -2.28. The lowest BCUT2D eigenvalue weighted by atomic mass is 10.0. The van der Waals surface area contributed by atoms with Crippen LogP contribution in [0.15, 0.2) is 48.5 Å². The van der Waals surface area contributed by atoms with E-state index in [0.717, 1.165) is 5.56 Å². The number of carbonyl (C=O) groups excluding carboxylic acids is 1. The molecule has 0 saturated carbocycles. The molecule has 0 unspecified atom stereocenters. The van der Waals surface area contributed by atoms with E-state index in [1.165, 1.54) is 21.5 Å². The Balaban J connectivity index is 2.57. The van der Waals surface area contributed by atoms with Gasteiger partial charge in [0.25, 0.3) is 0 Å². The Bertz CT molecular complexity index is 746. The SMILES string of the molecule is CCOC(=O)C=Cc1c(C)ccc(C)c1[Si](C)(C)c1ccccc1. The van der Waals surface area contributed by atoms with Crippen LogP contribution in [0.2, 0.25) is 13.1 Å². The van der Waals surface area contributed by atoms with Crippen molar-refractivity contribution in [2.24, 2.45) is 0 Å². The highest BCUT2D eigenvalue weighted by Crippen LogP contribution is 2.17. The summed E-state index contributed by atoms with van der Waals surface area (Å²) in [6.07, 6.45) is 3.47. The van der Waals surface area contributed by atoms with Crippen LogP contribution in [-0.2, 0) is 9.53 Å². The maximum Gasteiger partial charge on any atom is 0.330 e. The van der Waals surface area contributed by atoms with E-state index in [1.807, 2.05) is 13.0 Å². The third-order valence-corrected chi connectivity index (χ3v) is 8.16. The maximum absolute atomic E-state index is 11.7. The van der Waals surface area contributed by atoms with Crippen molar-refractivity contribution in [3.05, 3.63) is 65.2 Å². The molecular formula is C21H26O2Si. The largest absolute Gasteiger partial charge is 0.463 e. The molecule has 0 saturated heterocycles. The zero-order chi connectivity index (χ0) is 17.7. The minimum atomic E-state index is -1.87. The van der Waals surface area contributed by atoms with Crippen LogP contribution in [0.3, 0.4) is 0 Å². The highest BCUT2D eigenvalue weighted by atomic mass is 28.3. The molecular weight excluding hydrogens is 312 g/mol. The molecule has 0 aliphatic heterocycles. The van der Waals surface area contributed by atoms with Gasteiger partial charge in [-0.3, -0.25) is 0 Å². The Labute approximate surface area is 146 Å². The van der Waals surface area contributed by atoms with Crippen molar-refractivity contribution in [1.82, 2.24) is 0 Å². The highest BCUT2D eigenvalue weighted by molar-refractivity contribution is 7.01. The summed E-state index contributed by atoms with van der Waals surface area (Å²) in [5.41, 5.74) is 3.63. The average Bonchev–Trinajstić information content (AvgIpc) is 2.56. The molecule has 0 aliphatic carbocycles. The number of carbonyl (C=O) groups is 1. The van der Waals surface area contributed by atoms with Crippen LogP contribution < -0.4 is 10.4 Å². The van der Waals surface area contributed by atoms with Gasteiger partial charge in [0.2, 0.25) is 0 Å². The van der Waals surface area contributed by atoms with Gasteiger partial charge >= 0.3 is 5.97 Å². The lowest BCUT2D eigenvalue weighted by Crippen LogP contribution is -2.55. The fourth-order valence-electron chi connectivity index (χ4n) is 3.22. The molecule has 0 spiro atoms. The molecule has 0 bridgehead atoms. The van der Waals surface area contributed by atoms with Crippen LogP contribution in [0, 0.1) is 13.8 Å². The molecule has 3 heteroatoms. The Morgan fingerprint density at radius 2 is 1.67 bits per heavy atom. The smallest absolute Gasteiger partial charge is 0.330 e. The van der Waals surface area contributed by atoms with E-state index < -0.39 is 8.07 Å². The van der Waals surface area contributed by atoms with Crippen molar-refractivity contribution in [3.8, 4) is 0 Å². The Kier molecular flexibility index (Phi) is 5.78. The van der Waals surface area contributed by atoms with Gasteiger partial charge in [-0.15, -0.1) is 0 Å². The predicted octanol–water partition coefficient (Wildman–Crippen LogP) is 3.70. The van der Waals surface area contributed by atoms with Gasteiger partial charge in [-0.2, -0.15) is 0 Å². The van der Waals surface area contributed by atoms with Gasteiger partial charge in [-0.05, 0) is 43.2 Å². The van der Waals surface area contributed by atoms with E-state index in [0.29, 0.717) is 6.61 Å². The first-order chi connectivity index (χ1) is 11.4. The molecule has 0 heterocycles. The molecule has 0 aromatic heterocycles. The first kappa shape index (κ1) is 18.2. The van der Waals surface area contributed by atoms with E-state index in [2.05, 4.69) is 69.4 Å². The van der Waals surface area contributed by atoms with E-state index in [4.69, 9.17) is 4.74 Å². The number of hydrogen-bond donors (Lipinski definition) is 0. The molecule has 126 valence electrons. The zero-order valence-electron chi connectivity index (χ0n) is 15.2. The van der Waals surface area contributed by atoms with Crippen LogP contribution in [0.1, 0.15) is 23.6 Å². The first-order valence-electron chi connectivity index (χ1n) is 8.39. The van der Waals surface area contributed by atoms with Crippen LogP contribution >= 0.6 is 0 Å². The Morgan fingerprint density at radius 3 is 2.29 bits per heavy atom. The fraction of sp³-hybridized carbons (Fsp3) is 0.286. The summed E-state index contributed by atoms with van der Waals surface area (Å²) >= 11 is 0. The fourth-order valence-corrected chi connectivity index (χ4v) is 6.56. The zero-order valence-corrected chi connectivity index (χ0v) is 16.2. The minimum absolute atomic E-state index is 0.288. The van der Waals surface area contributed by atoms with Crippen molar-refractivity contribution in [2.75, 3.05) is 6.61 Å². The van der Waals surface area contributed by atoms with Crippen molar-refractivity contribution in [2.45, 2.75) is 33.9 Å². The molecule has 0 atom stereocenters. The van der Waals surface area contributed by atoms with Gasteiger partial charge < -0.3 is 4.74 Å². The molecule has 2 aromatic rings. The number of rotatable bonds is 5. The molecule has 0 radical (unpaired) electrons. The molecule has 0 N–H and O–H groups in total. The second kappa shape index (κ2) is 7.62. The van der Waals surface area contributed by atoms with Gasteiger partial charge in [-0.1, -0.05) is 66.3 Å². The highest BCUT2D eigenvalue weighted by Gasteiger charge is 2.30. The number of benzene rings is 2. The summed E-state index contributed by atoms with van der Waals surface area (Å²) in [4.78, 5) is 11.7. The molecule has 0 amide bonds. The maximum atomic E-state index is 11.7. The van der Waals surface area contributed by atoms with Crippen molar-refractivity contribution in [1.29, 1.82) is 0 Å². The third-order valence-electron chi connectivity index (χ3n) is 4.47. The van der Waals surface area contributed by atoms with Crippen LogP contribution in [-0.4, -0.2) is 20.7 Å². The van der Waals surface area contributed by atoms with E-state index in [9.17, 15) is 4.79 Å². The monoisotopic (exact) mass is 338 g/mol. The van der Waals surface area contributed by atoms with Gasteiger partial charge in [0.05, 0.1) is 6.61 Å². The Hall–Kier alpha value is -2.13. The third kappa shape index (κ3) is 3.85. The van der Waals surface area contributed by atoms with E-state index in [1.54, 1.807) is 6.08 Å². The molecule has 2 rings (SSSR count). The summed E-state index contributed by atoms with van der Waals surface area (Å²) in [7, 11) is -1.87. The number of ether oxygens (including phenoxy) is 1. The summed E-state index contributed by atoms with van der Waals surface area (Å²) in [6, 6.07) is 15.0. The Morgan fingerprint density at radius 1 is 1.04 bits per heavy atom. The van der Waals surface area contributed by atoms with Gasteiger partial charge in [0.15, 0.2) is 0 Å². The van der Waals surface area contributed by atoms with E-state index in [-0.39, 0.29) is 5.97 Å².